The van der Waals surface area contributed by atoms with E-state index in [9.17, 15) is 4.39 Å². The van der Waals surface area contributed by atoms with Crippen LogP contribution >= 0.6 is 0 Å². The molecule has 0 radical (unpaired) electrons. The number of nitrogens with two attached hydrogens (primary N) is 1. The molecule has 6 heteroatoms. The van der Waals surface area contributed by atoms with Gasteiger partial charge in [-0.15, -0.1) is 0 Å². The summed E-state index contributed by atoms with van der Waals surface area (Å²) in [4.78, 5) is 4.10. The van der Waals surface area contributed by atoms with E-state index >= 15 is 0 Å². The molecule has 96 valence electrons. The largest absolute Gasteiger partial charge is 0.399 e. The molecule has 0 aliphatic heterocycles. The van der Waals surface area contributed by atoms with Gasteiger partial charge in [0.15, 0.2) is 5.82 Å². The van der Waals surface area contributed by atoms with Gasteiger partial charge in [-0.2, -0.15) is 4.98 Å². The van der Waals surface area contributed by atoms with E-state index in [1.54, 1.807) is 0 Å². The molecule has 0 atom stereocenters. The average Bonchev–Trinajstić information content (AvgIpc) is 2.81. The molecule has 0 amide bonds. The van der Waals surface area contributed by atoms with Crippen molar-refractivity contribution in [3.63, 3.8) is 0 Å². The summed E-state index contributed by atoms with van der Waals surface area (Å²) in [5.74, 6) is 0.177. The molecule has 0 bridgehead atoms. The Morgan fingerprint density at radius 2 is 2.28 bits per heavy atom. The molecule has 1 aromatic carbocycles. The molecular weight excluding hydrogens is 237 g/mol. The van der Waals surface area contributed by atoms with Gasteiger partial charge in [-0.25, -0.2) is 4.39 Å². The van der Waals surface area contributed by atoms with Crippen molar-refractivity contribution < 1.29 is 13.7 Å². The second kappa shape index (κ2) is 5.59. The van der Waals surface area contributed by atoms with Gasteiger partial charge in [0.1, 0.15) is 5.82 Å². The SMILES string of the molecule is CCOCCc1noc(-c2cc(N)ccc2F)n1. The lowest BCUT2D eigenvalue weighted by molar-refractivity contribution is 0.149. The van der Waals surface area contributed by atoms with Crippen molar-refractivity contribution in [3.8, 4) is 11.5 Å². The number of halogens is 1. The summed E-state index contributed by atoms with van der Waals surface area (Å²) in [6.45, 7) is 3.05. The Kier molecular flexibility index (Phi) is 3.88. The van der Waals surface area contributed by atoms with Crippen LogP contribution in [0.25, 0.3) is 11.5 Å². The molecule has 1 heterocycles. The first-order valence-corrected chi connectivity index (χ1v) is 5.66. The number of benzene rings is 1. The summed E-state index contributed by atoms with van der Waals surface area (Å²) >= 11 is 0. The van der Waals surface area contributed by atoms with Crippen LogP contribution in [0.4, 0.5) is 10.1 Å². The second-order valence-electron chi connectivity index (χ2n) is 3.70. The third-order valence-corrected chi connectivity index (χ3v) is 2.36. The van der Waals surface area contributed by atoms with Gasteiger partial charge in [-0.05, 0) is 25.1 Å². The molecule has 0 aliphatic carbocycles. The van der Waals surface area contributed by atoms with Crippen LogP contribution in [0.2, 0.25) is 0 Å². The number of hydrogen-bond donors (Lipinski definition) is 1. The van der Waals surface area contributed by atoms with Gasteiger partial charge in [0.2, 0.25) is 0 Å². The number of rotatable bonds is 5. The number of nitrogens with zero attached hydrogens (tertiary/aromatic N) is 2. The lowest BCUT2D eigenvalue weighted by Crippen LogP contribution is -1.99. The van der Waals surface area contributed by atoms with Crippen molar-refractivity contribution in [1.82, 2.24) is 10.1 Å². The highest BCUT2D eigenvalue weighted by Crippen LogP contribution is 2.23. The molecule has 0 unspecified atom stereocenters. The fourth-order valence-corrected chi connectivity index (χ4v) is 1.48. The van der Waals surface area contributed by atoms with Crippen LogP contribution in [0.15, 0.2) is 22.7 Å². The van der Waals surface area contributed by atoms with Gasteiger partial charge in [0.25, 0.3) is 5.89 Å². The topological polar surface area (TPSA) is 74.2 Å². The van der Waals surface area contributed by atoms with E-state index < -0.39 is 5.82 Å². The van der Waals surface area contributed by atoms with E-state index in [2.05, 4.69) is 10.1 Å². The summed E-state index contributed by atoms with van der Waals surface area (Å²) in [5, 5.41) is 3.76. The number of ether oxygens (including phenoxy) is 1. The van der Waals surface area contributed by atoms with E-state index in [1.807, 2.05) is 6.92 Å². The molecule has 0 spiro atoms. The zero-order valence-corrected chi connectivity index (χ0v) is 10.0. The lowest BCUT2D eigenvalue weighted by atomic mass is 10.2. The molecule has 0 saturated carbocycles. The van der Waals surface area contributed by atoms with Crippen molar-refractivity contribution in [2.24, 2.45) is 0 Å². The first-order chi connectivity index (χ1) is 8.70. The van der Waals surface area contributed by atoms with Gasteiger partial charge in [-0.3, -0.25) is 0 Å². The number of aromatic nitrogens is 2. The van der Waals surface area contributed by atoms with Crippen molar-refractivity contribution in [2.45, 2.75) is 13.3 Å². The maximum Gasteiger partial charge on any atom is 0.260 e. The summed E-state index contributed by atoms with van der Waals surface area (Å²) in [6.07, 6.45) is 0.529. The molecule has 2 aromatic rings. The van der Waals surface area contributed by atoms with E-state index in [4.69, 9.17) is 15.0 Å². The maximum atomic E-state index is 13.6. The Bertz CT molecular complexity index is 528. The van der Waals surface area contributed by atoms with E-state index in [0.717, 1.165) is 0 Å². The Labute approximate surface area is 104 Å². The minimum absolute atomic E-state index is 0.131. The number of hydrogen-bond acceptors (Lipinski definition) is 5. The lowest BCUT2D eigenvalue weighted by Gasteiger charge is -1.98. The normalized spacial score (nSPS) is 10.8. The van der Waals surface area contributed by atoms with Crippen molar-refractivity contribution in [3.05, 3.63) is 29.8 Å². The Morgan fingerprint density at radius 1 is 1.44 bits per heavy atom. The van der Waals surface area contributed by atoms with Crippen molar-refractivity contribution in [2.75, 3.05) is 18.9 Å². The number of anilines is 1. The van der Waals surface area contributed by atoms with Crippen LogP contribution in [-0.4, -0.2) is 23.4 Å². The highest BCUT2D eigenvalue weighted by Gasteiger charge is 2.13. The van der Waals surface area contributed by atoms with Crippen LogP contribution < -0.4 is 5.73 Å². The van der Waals surface area contributed by atoms with Gasteiger partial charge in [0, 0.05) is 18.7 Å². The van der Waals surface area contributed by atoms with Crippen LogP contribution in [0.5, 0.6) is 0 Å². The average molecular weight is 251 g/mol. The fourth-order valence-electron chi connectivity index (χ4n) is 1.48. The van der Waals surface area contributed by atoms with E-state index in [1.165, 1.54) is 18.2 Å². The Morgan fingerprint density at radius 3 is 3.06 bits per heavy atom. The molecule has 2 rings (SSSR count). The summed E-state index contributed by atoms with van der Waals surface area (Å²) in [6, 6.07) is 4.22. The summed E-state index contributed by atoms with van der Waals surface area (Å²) < 4.78 is 23.7. The molecule has 1 aromatic heterocycles. The van der Waals surface area contributed by atoms with Gasteiger partial charge in [-0.1, -0.05) is 5.16 Å². The summed E-state index contributed by atoms with van der Waals surface area (Å²) in [5.41, 5.74) is 6.25. The van der Waals surface area contributed by atoms with Crippen molar-refractivity contribution in [1.29, 1.82) is 0 Å². The zero-order chi connectivity index (χ0) is 13.0. The highest BCUT2D eigenvalue weighted by atomic mass is 19.1. The van der Waals surface area contributed by atoms with Crippen LogP contribution in [0.1, 0.15) is 12.7 Å². The first kappa shape index (κ1) is 12.5. The molecule has 0 aliphatic rings. The fraction of sp³-hybridized carbons (Fsp3) is 0.333. The van der Waals surface area contributed by atoms with Crippen LogP contribution in [0, 0.1) is 5.82 Å². The quantitative estimate of drug-likeness (QED) is 0.650. The zero-order valence-electron chi connectivity index (χ0n) is 10.0. The Balaban J connectivity index is 2.16. The smallest absolute Gasteiger partial charge is 0.260 e. The van der Waals surface area contributed by atoms with E-state index in [0.29, 0.717) is 31.1 Å². The monoisotopic (exact) mass is 251 g/mol. The minimum atomic E-state index is -0.441. The molecule has 18 heavy (non-hydrogen) atoms. The predicted molar refractivity (Wildman–Crippen MR) is 64.3 cm³/mol. The predicted octanol–water partition coefficient (Wildman–Crippen LogP) is 2.04. The van der Waals surface area contributed by atoms with Gasteiger partial charge in [0.05, 0.1) is 12.2 Å². The Hall–Kier alpha value is -1.95. The molecule has 0 saturated heterocycles. The third-order valence-electron chi connectivity index (χ3n) is 2.36. The third kappa shape index (κ3) is 2.84. The number of nitrogen functional groups attached to an aromatic ring is 1. The molecule has 5 nitrogen and oxygen atoms in total. The van der Waals surface area contributed by atoms with E-state index in [-0.39, 0.29) is 11.5 Å². The van der Waals surface area contributed by atoms with Crippen LogP contribution in [0.3, 0.4) is 0 Å². The van der Waals surface area contributed by atoms with Gasteiger partial charge >= 0.3 is 0 Å². The van der Waals surface area contributed by atoms with Crippen LogP contribution in [-0.2, 0) is 11.2 Å². The second-order valence-corrected chi connectivity index (χ2v) is 3.70. The molecule has 0 fully saturated rings. The highest BCUT2D eigenvalue weighted by molar-refractivity contribution is 5.60. The summed E-state index contributed by atoms with van der Waals surface area (Å²) in [7, 11) is 0. The maximum absolute atomic E-state index is 13.6. The standard InChI is InChI=1S/C12H14FN3O2/c1-2-17-6-5-11-15-12(18-16-11)9-7-8(14)3-4-10(9)13/h3-4,7H,2,5-6,14H2,1H3. The van der Waals surface area contributed by atoms with Crippen molar-refractivity contribution >= 4 is 5.69 Å². The van der Waals surface area contributed by atoms with Gasteiger partial charge < -0.3 is 15.0 Å². The molecular formula is C12H14FN3O2. The molecule has 2 N–H and O–H groups in total. The first-order valence-electron chi connectivity index (χ1n) is 5.66. The minimum Gasteiger partial charge on any atom is -0.399 e.